The molecule has 0 heterocycles. The van der Waals surface area contributed by atoms with Crippen molar-refractivity contribution in [2.24, 2.45) is 0 Å². The number of ether oxygens (including phenoxy) is 1. The number of amides is 1. The summed E-state index contributed by atoms with van der Waals surface area (Å²) in [7, 11) is -3.92. The highest BCUT2D eigenvalue weighted by molar-refractivity contribution is 7.90. The lowest BCUT2D eigenvalue weighted by Crippen LogP contribution is -2.32. The first-order valence-corrected chi connectivity index (χ1v) is 10.5. The molecule has 28 heavy (non-hydrogen) atoms. The minimum absolute atomic E-state index is 0.0610. The van der Waals surface area contributed by atoms with E-state index in [2.05, 4.69) is 0 Å². The summed E-state index contributed by atoms with van der Waals surface area (Å²) in [6.07, 6.45) is 0.962. The third kappa shape index (κ3) is 5.82. The minimum Gasteiger partial charge on any atom is -0.456 e. The van der Waals surface area contributed by atoms with E-state index in [0.717, 1.165) is 12.1 Å². The Bertz CT molecular complexity index is 1010. The van der Waals surface area contributed by atoms with Crippen LogP contribution in [0.1, 0.15) is 30.1 Å². The molecule has 150 valence electrons. The molecule has 0 aliphatic carbocycles. The van der Waals surface area contributed by atoms with Crippen LogP contribution in [0.25, 0.3) is 0 Å². The van der Waals surface area contributed by atoms with Crippen LogP contribution in [-0.4, -0.2) is 25.0 Å². The first-order valence-electron chi connectivity index (χ1n) is 8.09. The monoisotopic (exact) mass is 446 g/mol. The molecule has 2 aromatic rings. The van der Waals surface area contributed by atoms with Gasteiger partial charge in [-0.2, -0.15) is 0 Å². The van der Waals surface area contributed by atoms with Gasteiger partial charge in [-0.3, -0.25) is 14.9 Å². The molecule has 8 nitrogen and oxygen atoms in total. The minimum atomic E-state index is -3.92. The Morgan fingerprint density at radius 1 is 1.21 bits per heavy atom. The smallest absolute Gasteiger partial charge is 0.282 e. The molecule has 11 heteroatoms. The van der Waals surface area contributed by atoms with Gasteiger partial charge in [0.1, 0.15) is 17.1 Å². The van der Waals surface area contributed by atoms with Crippen molar-refractivity contribution < 1.29 is 22.9 Å². The molecule has 0 spiro atoms. The quantitative estimate of drug-likeness (QED) is 0.469. The van der Waals surface area contributed by atoms with Gasteiger partial charge in [-0.1, -0.05) is 36.5 Å². The average Bonchev–Trinajstić information content (AvgIpc) is 2.61. The van der Waals surface area contributed by atoms with Crippen LogP contribution >= 0.6 is 23.2 Å². The maximum atomic E-state index is 12.4. The van der Waals surface area contributed by atoms with Crippen LogP contribution in [0.3, 0.4) is 0 Å². The van der Waals surface area contributed by atoms with E-state index in [0.29, 0.717) is 17.9 Å². The summed E-state index contributed by atoms with van der Waals surface area (Å²) in [6, 6.07) is 7.85. The molecule has 0 aromatic heterocycles. The second-order valence-corrected chi connectivity index (χ2v) is 8.40. The number of sulfonamides is 1. The van der Waals surface area contributed by atoms with E-state index in [4.69, 9.17) is 27.9 Å². The predicted octanol–water partition coefficient (Wildman–Crippen LogP) is 4.55. The number of carbonyl (C=O) groups is 1. The van der Waals surface area contributed by atoms with Crippen LogP contribution in [0.2, 0.25) is 10.0 Å². The standard InChI is InChI=1S/C17H16Cl2N2O6S/c1-2-3-8-28(25,26)20-17(22)13-10-12(5-6-15(13)21(23)24)27-16-7-4-11(18)9-14(16)19/h4-7,9-10H,2-3,8H2,1H3,(H,20,22). The molecule has 0 saturated heterocycles. The van der Waals surface area contributed by atoms with Gasteiger partial charge < -0.3 is 4.74 Å². The van der Waals surface area contributed by atoms with Crippen molar-refractivity contribution in [3.05, 3.63) is 62.1 Å². The average molecular weight is 447 g/mol. The first-order chi connectivity index (χ1) is 13.1. The van der Waals surface area contributed by atoms with Crippen LogP contribution < -0.4 is 9.46 Å². The molecule has 0 aliphatic heterocycles. The Balaban J connectivity index is 2.35. The summed E-state index contributed by atoms with van der Waals surface area (Å²) in [5.74, 6) is -1.11. The molecule has 0 bridgehead atoms. The number of nitrogens with one attached hydrogen (secondary N) is 1. The molecule has 2 aromatic carbocycles. The van der Waals surface area contributed by atoms with E-state index in [1.54, 1.807) is 6.92 Å². The van der Waals surface area contributed by atoms with Gasteiger partial charge in [-0.15, -0.1) is 0 Å². The number of nitro groups is 1. The summed E-state index contributed by atoms with van der Waals surface area (Å²) in [5, 5.41) is 11.8. The van der Waals surface area contributed by atoms with Gasteiger partial charge >= 0.3 is 0 Å². The van der Waals surface area contributed by atoms with E-state index in [1.807, 2.05) is 4.72 Å². The fourth-order valence-corrected chi connectivity index (χ4v) is 3.80. The Morgan fingerprint density at radius 3 is 2.54 bits per heavy atom. The van der Waals surface area contributed by atoms with Gasteiger partial charge in [0.15, 0.2) is 0 Å². The second-order valence-electron chi connectivity index (χ2n) is 5.72. The Morgan fingerprint density at radius 2 is 1.93 bits per heavy atom. The molecular formula is C17H16Cl2N2O6S. The number of hydrogen-bond acceptors (Lipinski definition) is 6. The number of nitro benzene ring substituents is 1. The number of benzene rings is 2. The molecule has 0 saturated carbocycles. The largest absolute Gasteiger partial charge is 0.456 e. The first kappa shape index (κ1) is 21.9. The Hall–Kier alpha value is -2.36. The number of halogens is 2. The molecule has 0 radical (unpaired) electrons. The number of hydrogen-bond donors (Lipinski definition) is 1. The van der Waals surface area contributed by atoms with E-state index < -0.39 is 32.1 Å². The normalized spacial score (nSPS) is 11.1. The SMILES string of the molecule is CCCCS(=O)(=O)NC(=O)c1cc(Oc2ccc(Cl)cc2Cl)ccc1[N+](=O)[O-]. The van der Waals surface area contributed by atoms with Crippen molar-refractivity contribution in [1.29, 1.82) is 0 Å². The fraction of sp³-hybridized carbons (Fsp3) is 0.235. The van der Waals surface area contributed by atoms with E-state index in [-0.39, 0.29) is 22.3 Å². The number of unbranched alkanes of at least 4 members (excludes halogenated alkanes) is 1. The third-order valence-electron chi connectivity index (χ3n) is 3.55. The van der Waals surface area contributed by atoms with Gasteiger partial charge in [0.2, 0.25) is 10.0 Å². The highest BCUT2D eigenvalue weighted by Crippen LogP contribution is 2.33. The zero-order chi connectivity index (χ0) is 20.9. The lowest BCUT2D eigenvalue weighted by atomic mass is 10.1. The van der Waals surface area contributed by atoms with Gasteiger partial charge in [0, 0.05) is 17.2 Å². The van der Waals surface area contributed by atoms with Crippen LogP contribution in [-0.2, 0) is 10.0 Å². The third-order valence-corrected chi connectivity index (χ3v) is 5.40. The summed E-state index contributed by atoms with van der Waals surface area (Å²) in [5.41, 5.74) is -1.01. The summed E-state index contributed by atoms with van der Waals surface area (Å²) in [6.45, 7) is 1.80. The highest BCUT2D eigenvalue weighted by atomic mass is 35.5. The maximum Gasteiger partial charge on any atom is 0.282 e. The van der Waals surface area contributed by atoms with Crippen molar-refractivity contribution in [2.45, 2.75) is 19.8 Å². The summed E-state index contributed by atoms with van der Waals surface area (Å²) >= 11 is 11.8. The summed E-state index contributed by atoms with van der Waals surface area (Å²) in [4.78, 5) is 22.8. The molecule has 0 unspecified atom stereocenters. The van der Waals surface area contributed by atoms with Crippen molar-refractivity contribution in [1.82, 2.24) is 4.72 Å². The van der Waals surface area contributed by atoms with Crippen molar-refractivity contribution in [3.63, 3.8) is 0 Å². The molecule has 0 atom stereocenters. The molecule has 1 N–H and O–H groups in total. The topological polar surface area (TPSA) is 116 Å². The number of nitrogens with zero attached hydrogens (tertiary/aromatic N) is 1. The molecule has 0 fully saturated rings. The summed E-state index contributed by atoms with van der Waals surface area (Å²) < 4.78 is 31.3. The molecule has 1 amide bonds. The van der Waals surface area contributed by atoms with Crippen LogP contribution in [0.15, 0.2) is 36.4 Å². The van der Waals surface area contributed by atoms with E-state index >= 15 is 0 Å². The highest BCUT2D eigenvalue weighted by Gasteiger charge is 2.25. The zero-order valence-electron chi connectivity index (χ0n) is 14.6. The Kier molecular flexibility index (Phi) is 7.22. The molecule has 0 aliphatic rings. The predicted molar refractivity (Wildman–Crippen MR) is 106 cm³/mol. The number of carbonyl (C=O) groups excluding carboxylic acids is 1. The lowest BCUT2D eigenvalue weighted by molar-refractivity contribution is -0.385. The zero-order valence-corrected chi connectivity index (χ0v) is 17.0. The van der Waals surface area contributed by atoms with Gasteiger partial charge in [-0.25, -0.2) is 13.1 Å². The van der Waals surface area contributed by atoms with Crippen LogP contribution in [0, 0.1) is 10.1 Å². The number of rotatable bonds is 8. The van der Waals surface area contributed by atoms with E-state index in [9.17, 15) is 23.3 Å². The van der Waals surface area contributed by atoms with Gasteiger partial charge in [0.25, 0.3) is 11.6 Å². The van der Waals surface area contributed by atoms with Crippen molar-refractivity contribution in [2.75, 3.05) is 5.75 Å². The Labute approximate surface area is 171 Å². The second kappa shape index (κ2) is 9.22. The van der Waals surface area contributed by atoms with Crippen molar-refractivity contribution in [3.8, 4) is 11.5 Å². The maximum absolute atomic E-state index is 12.4. The van der Waals surface area contributed by atoms with Gasteiger partial charge in [0.05, 0.1) is 15.7 Å². The van der Waals surface area contributed by atoms with Crippen molar-refractivity contribution >= 4 is 44.8 Å². The molecular weight excluding hydrogens is 431 g/mol. The van der Waals surface area contributed by atoms with Crippen LogP contribution in [0.5, 0.6) is 11.5 Å². The molecule has 2 rings (SSSR count). The van der Waals surface area contributed by atoms with Gasteiger partial charge in [-0.05, 0) is 30.7 Å². The van der Waals surface area contributed by atoms with E-state index in [1.165, 1.54) is 24.3 Å². The lowest BCUT2D eigenvalue weighted by Gasteiger charge is -2.10. The van der Waals surface area contributed by atoms with Crippen LogP contribution in [0.4, 0.5) is 5.69 Å². The fourth-order valence-electron chi connectivity index (χ4n) is 2.19.